The van der Waals surface area contributed by atoms with Crippen LogP contribution in [0, 0.1) is 0 Å². The van der Waals surface area contributed by atoms with Crippen LogP contribution in [0.4, 0.5) is 0 Å². The highest BCUT2D eigenvalue weighted by molar-refractivity contribution is 5.78. The van der Waals surface area contributed by atoms with Crippen molar-refractivity contribution in [2.75, 3.05) is 14.2 Å². The minimum Gasteiger partial charge on any atom is -0.496 e. The molecule has 156 valence electrons. The second kappa shape index (κ2) is 9.69. The van der Waals surface area contributed by atoms with Crippen molar-refractivity contribution in [3.05, 3.63) is 77.9 Å². The van der Waals surface area contributed by atoms with Gasteiger partial charge in [0.25, 0.3) is 0 Å². The predicted molar refractivity (Wildman–Crippen MR) is 113 cm³/mol. The Hall–Kier alpha value is -3.67. The van der Waals surface area contributed by atoms with Gasteiger partial charge in [0.1, 0.15) is 35.4 Å². The quantitative estimate of drug-likeness (QED) is 0.520. The molecule has 0 amide bonds. The fourth-order valence-corrected chi connectivity index (χ4v) is 3.04. The van der Waals surface area contributed by atoms with E-state index in [1.165, 1.54) is 14.2 Å². The summed E-state index contributed by atoms with van der Waals surface area (Å²) >= 11 is 0. The summed E-state index contributed by atoms with van der Waals surface area (Å²) < 4.78 is 22.6. The van der Waals surface area contributed by atoms with Crippen molar-refractivity contribution in [2.45, 2.75) is 19.4 Å². The number of carbonyl (C=O) groups is 1. The van der Waals surface area contributed by atoms with Gasteiger partial charge in [-0.15, -0.1) is 0 Å². The van der Waals surface area contributed by atoms with Crippen LogP contribution < -0.4 is 18.9 Å². The second-order valence-electron chi connectivity index (χ2n) is 6.65. The Morgan fingerprint density at radius 3 is 2.10 bits per heavy atom. The lowest BCUT2D eigenvalue weighted by Gasteiger charge is -2.18. The molecule has 0 aliphatic carbocycles. The summed E-state index contributed by atoms with van der Waals surface area (Å²) in [4.78, 5) is 11.4. The van der Waals surface area contributed by atoms with Gasteiger partial charge >= 0.3 is 5.97 Å². The van der Waals surface area contributed by atoms with E-state index < -0.39 is 11.9 Å². The van der Waals surface area contributed by atoms with E-state index in [9.17, 15) is 9.90 Å². The summed E-state index contributed by atoms with van der Waals surface area (Å²) in [5.41, 5.74) is 1.39. The maximum absolute atomic E-state index is 11.4. The molecule has 6 nitrogen and oxygen atoms in total. The Balaban J connectivity index is 1.77. The molecule has 0 fully saturated rings. The van der Waals surface area contributed by atoms with Crippen molar-refractivity contribution in [2.24, 2.45) is 0 Å². The van der Waals surface area contributed by atoms with E-state index in [-0.39, 0.29) is 0 Å². The number of methoxy groups -OCH3 is 2. The SMILES string of the molecule is COc1cc(OCc2cccc(Oc3ccccc3)c2)cc(OC)c1C(C)C(=O)O. The molecule has 0 heterocycles. The molecule has 0 spiro atoms. The Bertz CT molecular complexity index is 975. The number of carboxylic acids is 1. The molecule has 1 unspecified atom stereocenters. The first-order chi connectivity index (χ1) is 14.5. The molecule has 3 rings (SSSR count). The van der Waals surface area contributed by atoms with Crippen molar-refractivity contribution < 1.29 is 28.8 Å². The number of benzene rings is 3. The van der Waals surface area contributed by atoms with E-state index in [2.05, 4.69) is 0 Å². The maximum atomic E-state index is 11.4. The van der Waals surface area contributed by atoms with Crippen molar-refractivity contribution in [1.29, 1.82) is 0 Å². The van der Waals surface area contributed by atoms with E-state index in [1.807, 2.05) is 54.6 Å². The third-order valence-electron chi connectivity index (χ3n) is 4.60. The number of rotatable bonds is 9. The second-order valence-corrected chi connectivity index (χ2v) is 6.65. The van der Waals surface area contributed by atoms with Crippen molar-refractivity contribution >= 4 is 5.97 Å². The van der Waals surface area contributed by atoms with Gasteiger partial charge in [-0.2, -0.15) is 0 Å². The molecule has 0 aliphatic rings. The normalized spacial score (nSPS) is 11.4. The first-order valence-electron chi connectivity index (χ1n) is 9.45. The van der Waals surface area contributed by atoms with E-state index in [1.54, 1.807) is 19.1 Å². The lowest BCUT2D eigenvalue weighted by molar-refractivity contribution is -0.138. The van der Waals surface area contributed by atoms with Gasteiger partial charge in [0.15, 0.2) is 0 Å². The molecule has 0 aromatic heterocycles. The zero-order valence-electron chi connectivity index (χ0n) is 17.1. The lowest BCUT2D eigenvalue weighted by atomic mass is 9.98. The standard InChI is InChI=1S/C24H24O6/c1-16(24(25)26)23-21(27-2)13-20(14-22(23)28-3)29-15-17-8-7-11-19(12-17)30-18-9-5-4-6-10-18/h4-14,16H,15H2,1-3H3,(H,25,26). The lowest BCUT2D eigenvalue weighted by Crippen LogP contribution is -2.11. The van der Waals surface area contributed by atoms with Crippen LogP contribution in [0.25, 0.3) is 0 Å². The molecule has 0 aliphatic heterocycles. The minimum atomic E-state index is -0.963. The first-order valence-corrected chi connectivity index (χ1v) is 9.45. The highest BCUT2D eigenvalue weighted by Gasteiger charge is 2.24. The van der Waals surface area contributed by atoms with Crippen LogP contribution in [-0.4, -0.2) is 25.3 Å². The van der Waals surface area contributed by atoms with E-state index in [0.29, 0.717) is 35.2 Å². The van der Waals surface area contributed by atoms with Crippen LogP contribution in [0.1, 0.15) is 24.0 Å². The Kier molecular flexibility index (Phi) is 6.80. The molecular formula is C24H24O6. The van der Waals surface area contributed by atoms with Gasteiger partial charge in [-0.1, -0.05) is 30.3 Å². The predicted octanol–water partition coefficient (Wildman–Crippen LogP) is 5.26. The zero-order valence-corrected chi connectivity index (χ0v) is 17.1. The summed E-state index contributed by atoms with van der Waals surface area (Å²) in [6, 6.07) is 20.5. The fourth-order valence-electron chi connectivity index (χ4n) is 3.04. The molecular weight excluding hydrogens is 384 g/mol. The van der Waals surface area contributed by atoms with Crippen LogP contribution in [0.5, 0.6) is 28.7 Å². The minimum absolute atomic E-state index is 0.298. The van der Waals surface area contributed by atoms with Gasteiger partial charge in [-0.05, 0) is 36.8 Å². The highest BCUT2D eigenvalue weighted by atomic mass is 16.5. The molecule has 3 aromatic rings. The number of aliphatic carboxylic acids is 1. The van der Waals surface area contributed by atoms with E-state index >= 15 is 0 Å². The monoisotopic (exact) mass is 408 g/mol. The van der Waals surface area contributed by atoms with Crippen LogP contribution in [0.3, 0.4) is 0 Å². The van der Waals surface area contributed by atoms with Gasteiger partial charge in [0.05, 0.1) is 25.7 Å². The number of hydrogen-bond donors (Lipinski definition) is 1. The average Bonchev–Trinajstić information content (AvgIpc) is 2.77. The number of para-hydroxylation sites is 1. The summed E-state index contributed by atoms with van der Waals surface area (Å²) in [5, 5.41) is 9.37. The van der Waals surface area contributed by atoms with Gasteiger partial charge in [0, 0.05) is 12.1 Å². The first kappa shape index (κ1) is 21.0. The third kappa shape index (κ3) is 5.03. The Labute approximate surface area is 175 Å². The molecule has 1 N–H and O–H groups in total. The van der Waals surface area contributed by atoms with Crippen molar-refractivity contribution in [3.63, 3.8) is 0 Å². The molecule has 0 saturated carbocycles. The van der Waals surface area contributed by atoms with Crippen LogP contribution in [0.2, 0.25) is 0 Å². The molecule has 1 atom stereocenters. The maximum Gasteiger partial charge on any atom is 0.310 e. The topological polar surface area (TPSA) is 74.2 Å². The number of hydrogen-bond acceptors (Lipinski definition) is 5. The summed E-state index contributed by atoms with van der Waals surface area (Å²) in [5.74, 6) is 1.04. The van der Waals surface area contributed by atoms with Gasteiger partial charge in [-0.3, -0.25) is 4.79 Å². The van der Waals surface area contributed by atoms with E-state index in [0.717, 1.165) is 11.3 Å². The smallest absolute Gasteiger partial charge is 0.310 e. The third-order valence-corrected chi connectivity index (χ3v) is 4.60. The molecule has 6 heteroatoms. The summed E-state index contributed by atoms with van der Waals surface area (Å²) in [6.45, 7) is 1.88. The van der Waals surface area contributed by atoms with Crippen LogP contribution >= 0.6 is 0 Å². The zero-order chi connectivity index (χ0) is 21.5. The molecule has 0 saturated heterocycles. The molecule has 30 heavy (non-hydrogen) atoms. The summed E-state index contributed by atoms with van der Waals surface area (Å²) in [7, 11) is 2.97. The number of ether oxygens (including phenoxy) is 4. The van der Waals surface area contributed by atoms with Crippen LogP contribution in [0.15, 0.2) is 66.7 Å². The fraction of sp³-hybridized carbons (Fsp3) is 0.208. The highest BCUT2D eigenvalue weighted by Crippen LogP contribution is 2.39. The molecule has 0 bridgehead atoms. The van der Waals surface area contributed by atoms with Gasteiger partial charge < -0.3 is 24.1 Å². The van der Waals surface area contributed by atoms with Crippen molar-refractivity contribution in [1.82, 2.24) is 0 Å². The summed E-state index contributed by atoms with van der Waals surface area (Å²) in [6.07, 6.45) is 0. The van der Waals surface area contributed by atoms with Crippen LogP contribution in [-0.2, 0) is 11.4 Å². The Morgan fingerprint density at radius 2 is 1.50 bits per heavy atom. The Morgan fingerprint density at radius 1 is 0.867 bits per heavy atom. The number of carboxylic acid groups (broad SMARTS) is 1. The van der Waals surface area contributed by atoms with Gasteiger partial charge in [0.2, 0.25) is 0 Å². The van der Waals surface area contributed by atoms with E-state index in [4.69, 9.17) is 18.9 Å². The van der Waals surface area contributed by atoms with Crippen molar-refractivity contribution in [3.8, 4) is 28.7 Å². The van der Waals surface area contributed by atoms with Gasteiger partial charge in [-0.25, -0.2) is 0 Å². The average molecular weight is 408 g/mol. The molecule has 3 aromatic carbocycles. The molecule has 0 radical (unpaired) electrons. The largest absolute Gasteiger partial charge is 0.496 e.